The molecule has 2 aromatic rings. The highest BCUT2D eigenvalue weighted by atomic mass is 16.5. The molecule has 3 atom stereocenters. The largest absolute Gasteiger partial charge is 0.480 e. The first-order valence-corrected chi connectivity index (χ1v) is 16.9. The number of nitrogens with one attached hydrogen (secondary N) is 2. The summed E-state index contributed by atoms with van der Waals surface area (Å²) in [5, 5.41) is 15.6. The number of carbonyl (C=O) groups is 5. The van der Waals surface area contributed by atoms with E-state index in [1.54, 1.807) is 45.0 Å². The van der Waals surface area contributed by atoms with Gasteiger partial charge in [-0.1, -0.05) is 74.5 Å². The van der Waals surface area contributed by atoms with E-state index in [9.17, 15) is 29.1 Å². The second-order valence-electron chi connectivity index (χ2n) is 13.9. The van der Waals surface area contributed by atoms with Crippen LogP contribution in [-0.2, 0) is 46.3 Å². The Labute approximate surface area is 289 Å². The van der Waals surface area contributed by atoms with Gasteiger partial charge in [0.05, 0.1) is 25.2 Å². The van der Waals surface area contributed by atoms with Crippen LogP contribution >= 0.6 is 0 Å². The zero-order chi connectivity index (χ0) is 36.0. The lowest BCUT2D eigenvalue weighted by Gasteiger charge is -2.35. The van der Waals surface area contributed by atoms with E-state index in [1.165, 1.54) is 4.90 Å². The van der Waals surface area contributed by atoms with Gasteiger partial charge >= 0.3 is 11.9 Å². The molecule has 0 radical (unpaired) electrons. The van der Waals surface area contributed by atoms with Crippen LogP contribution in [0.15, 0.2) is 60.7 Å². The smallest absolute Gasteiger partial charge is 0.326 e. The number of nitrogens with zero attached hydrogens (tertiary/aromatic N) is 2. The Morgan fingerprint density at radius 1 is 0.898 bits per heavy atom. The molecule has 3 amide bonds. The van der Waals surface area contributed by atoms with Crippen molar-refractivity contribution in [2.24, 2.45) is 11.3 Å². The standard InChI is InChI=1S/C37H52N4O8/c1-26(2)22-31(33(43)39-30(35(45)46)23-28-14-10-7-11-15-28)41(25-49-36(47)37(3,4)5)34(44)29(17-16-27-12-8-6-9-13-27)38-32(42)24-40-18-20-48-21-19-40/h6-15,26,29-31H,16-25H2,1-5H3,(H,38,42)(H,39,43)(H,45,46). The third-order valence-corrected chi connectivity index (χ3v) is 8.17. The van der Waals surface area contributed by atoms with Crippen molar-refractivity contribution in [1.82, 2.24) is 20.4 Å². The molecule has 3 N–H and O–H groups in total. The van der Waals surface area contributed by atoms with Crippen LogP contribution in [0.3, 0.4) is 0 Å². The highest BCUT2D eigenvalue weighted by Crippen LogP contribution is 2.20. The van der Waals surface area contributed by atoms with Crippen LogP contribution in [0.25, 0.3) is 0 Å². The van der Waals surface area contributed by atoms with E-state index in [0.29, 0.717) is 38.3 Å². The second-order valence-corrected chi connectivity index (χ2v) is 13.9. The number of hydrogen-bond acceptors (Lipinski definition) is 8. The van der Waals surface area contributed by atoms with E-state index in [1.807, 2.05) is 55.1 Å². The van der Waals surface area contributed by atoms with Gasteiger partial charge in [0.1, 0.15) is 18.1 Å². The molecule has 2 aromatic carbocycles. The van der Waals surface area contributed by atoms with Gasteiger partial charge in [0.25, 0.3) is 0 Å². The zero-order valence-corrected chi connectivity index (χ0v) is 29.4. The Hall–Kier alpha value is -4.29. The molecule has 268 valence electrons. The maximum atomic E-state index is 14.6. The van der Waals surface area contributed by atoms with Gasteiger partial charge in [0.2, 0.25) is 17.7 Å². The maximum absolute atomic E-state index is 14.6. The fraction of sp³-hybridized carbons (Fsp3) is 0.541. The van der Waals surface area contributed by atoms with Crippen LogP contribution in [0.1, 0.15) is 58.6 Å². The quantitative estimate of drug-likeness (QED) is 0.169. The van der Waals surface area contributed by atoms with Gasteiger partial charge in [-0.2, -0.15) is 0 Å². The Bertz CT molecular complexity index is 1370. The number of aryl methyl sites for hydroxylation is 1. The number of carboxylic acid groups (broad SMARTS) is 1. The minimum atomic E-state index is -1.28. The van der Waals surface area contributed by atoms with Crippen LogP contribution in [0.2, 0.25) is 0 Å². The average Bonchev–Trinajstić information content (AvgIpc) is 3.06. The number of carbonyl (C=O) groups excluding carboxylic acids is 4. The lowest BCUT2D eigenvalue weighted by atomic mass is 9.97. The van der Waals surface area contributed by atoms with Gasteiger partial charge in [-0.3, -0.25) is 29.0 Å². The molecule has 1 aliphatic rings. The summed E-state index contributed by atoms with van der Waals surface area (Å²) in [4.78, 5) is 70.3. The van der Waals surface area contributed by atoms with Gasteiger partial charge in [-0.25, -0.2) is 4.79 Å². The number of esters is 1. The van der Waals surface area contributed by atoms with E-state index < -0.39 is 54.0 Å². The van der Waals surface area contributed by atoms with Crippen molar-refractivity contribution in [3.05, 3.63) is 71.8 Å². The normalized spacial score (nSPS) is 15.5. The third kappa shape index (κ3) is 13.3. The molecule has 0 aromatic heterocycles. The monoisotopic (exact) mass is 680 g/mol. The SMILES string of the molecule is CC(C)CC(C(=O)NC(Cc1ccccc1)C(=O)O)N(COC(=O)C(C)(C)C)C(=O)C(CCc1ccccc1)NC(=O)CN1CCOCC1. The topological polar surface area (TPSA) is 155 Å². The molecule has 0 bridgehead atoms. The van der Waals surface area contributed by atoms with E-state index in [-0.39, 0.29) is 37.6 Å². The summed E-state index contributed by atoms with van der Waals surface area (Å²) < 4.78 is 11.0. The highest BCUT2D eigenvalue weighted by molar-refractivity contribution is 5.94. The van der Waals surface area contributed by atoms with Crippen LogP contribution < -0.4 is 10.6 Å². The van der Waals surface area contributed by atoms with Crippen molar-refractivity contribution in [1.29, 1.82) is 0 Å². The number of amides is 3. The highest BCUT2D eigenvalue weighted by Gasteiger charge is 2.38. The molecule has 1 saturated heterocycles. The minimum absolute atomic E-state index is 0.0283. The third-order valence-electron chi connectivity index (χ3n) is 8.17. The van der Waals surface area contributed by atoms with Gasteiger partial charge < -0.3 is 25.2 Å². The lowest BCUT2D eigenvalue weighted by molar-refractivity contribution is -0.166. The number of hydrogen-bond donors (Lipinski definition) is 3. The van der Waals surface area contributed by atoms with Crippen molar-refractivity contribution in [3.8, 4) is 0 Å². The van der Waals surface area contributed by atoms with Gasteiger partial charge in [-0.15, -0.1) is 0 Å². The second kappa shape index (κ2) is 19.0. The minimum Gasteiger partial charge on any atom is -0.480 e. The van der Waals surface area contributed by atoms with Gasteiger partial charge in [0.15, 0.2) is 6.73 Å². The molecule has 1 fully saturated rings. The fourth-order valence-electron chi connectivity index (χ4n) is 5.41. The molecule has 0 saturated carbocycles. The molecule has 12 heteroatoms. The van der Waals surface area contributed by atoms with Crippen molar-refractivity contribution in [2.45, 2.75) is 78.4 Å². The molecule has 12 nitrogen and oxygen atoms in total. The van der Waals surface area contributed by atoms with Crippen LogP contribution in [-0.4, -0.2) is 102 Å². The molecule has 1 heterocycles. The molecule has 0 aliphatic carbocycles. The Morgan fingerprint density at radius 3 is 2.04 bits per heavy atom. The Morgan fingerprint density at radius 2 is 1.49 bits per heavy atom. The zero-order valence-electron chi connectivity index (χ0n) is 29.4. The first kappa shape index (κ1) is 39.2. The van der Waals surface area contributed by atoms with Crippen molar-refractivity contribution in [3.63, 3.8) is 0 Å². The van der Waals surface area contributed by atoms with Crippen LogP contribution in [0.4, 0.5) is 0 Å². The molecular formula is C37H52N4O8. The summed E-state index contributed by atoms with van der Waals surface area (Å²) in [5.74, 6) is -3.59. The first-order valence-electron chi connectivity index (χ1n) is 16.9. The summed E-state index contributed by atoms with van der Waals surface area (Å²) in [5.41, 5.74) is 0.773. The van der Waals surface area contributed by atoms with E-state index in [4.69, 9.17) is 9.47 Å². The molecule has 3 rings (SSSR count). The van der Waals surface area contributed by atoms with Crippen LogP contribution in [0.5, 0.6) is 0 Å². The fourth-order valence-corrected chi connectivity index (χ4v) is 5.41. The summed E-state index contributed by atoms with van der Waals surface area (Å²) >= 11 is 0. The predicted molar refractivity (Wildman–Crippen MR) is 184 cm³/mol. The summed E-state index contributed by atoms with van der Waals surface area (Å²) in [6.45, 7) is 10.4. The Balaban J connectivity index is 1.95. The van der Waals surface area contributed by atoms with Gasteiger partial charge in [-0.05, 0) is 57.1 Å². The Kier molecular flexibility index (Phi) is 15.2. The average molecular weight is 681 g/mol. The van der Waals surface area contributed by atoms with Crippen molar-refractivity contribution in [2.75, 3.05) is 39.6 Å². The maximum Gasteiger partial charge on any atom is 0.326 e. The number of ether oxygens (including phenoxy) is 2. The molecular weight excluding hydrogens is 628 g/mol. The molecule has 1 aliphatic heterocycles. The van der Waals surface area contributed by atoms with Crippen molar-refractivity contribution >= 4 is 29.7 Å². The van der Waals surface area contributed by atoms with Crippen LogP contribution in [0, 0.1) is 11.3 Å². The number of benzene rings is 2. The van der Waals surface area contributed by atoms with E-state index in [0.717, 1.165) is 5.56 Å². The number of carboxylic acids is 1. The first-order chi connectivity index (χ1) is 23.2. The molecule has 0 spiro atoms. The van der Waals surface area contributed by atoms with E-state index >= 15 is 0 Å². The number of rotatable bonds is 17. The summed E-state index contributed by atoms with van der Waals surface area (Å²) in [6, 6.07) is 14.9. The van der Waals surface area contributed by atoms with E-state index in [2.05, 4.69) is 10.6 Å². The molecule has 3 unspecified atom stereocenters. The molecule has 49 heavy (non-hydrogen) atoms. The lowest BCUT2D eigenvalue weighted by Crippen LogP contribution is -2.59. The van der Waals surface area contributed by atoms with Crippen molar-refractivity contribution < 1.29 is 38.6 Å². The predicted octanol–water partition coefficient (Wildman–Crippen LogP) is 3.04. The van der Waals surface area contributed by atoms with Gasteiger partial charge in [0, 0.05) is 19.5 Å². The summed E-state index contributed by atoms with van der Waals surface area (Å²) in [6.07, 6.45) is 0.836. The summed E-state index contributed by atoms with van der Waals surface area (Å²) in [7, 11) is 0. The number of aliphatic carboxylic acids is 1. The number of morpholine rings is 1.